The molecular formula is C11H13ClN2S. The Hall–Kier alpha value is -0.640. The standard InChI is InChI=1S/C11H13ClN2S/c1-2-13-7-6-10-14-9-5-3-4-8(12)11(9)15-10/h3-5,13H,2,6-7H2,1H3. The topological polar surface area (TPSA) is 24.9 Å². The largest absolute Gasteiger partial charge is 0.317 e. The number of benzene rings is 1. The molecule has 1 aromatic heterocycles. The van der Waals surface area contributed by atoms with Crippen LogP contribution in [0.2, 0.25) is 5.02 Å². The molecule has 1 N–H and O–H groups in total. The quantitative estimate of drug-likeness (QED) is 0.831. The van der Waals surface area contributed by atoms with E-state index in [2.05, 4.69) is 17.2 Å². The van der Waals surface area contributed by atoms with Gasteiger partial charge in [0.25, 0.3) is 0 Å². The number of nitrogens with zero attached hydrogens (tertiary/aromatic N) is 1. The van der Waals surface area contributed by atoms with Crippen LogP contribution in [0, 0.1) is 0 Å². The van der Waals surface area contributed by atoms with Gasteiger partial charge in [0.2, 0.25) is 0 Å². The summed E-state index contributed by atoms with van der Waals surface area (Å²) in [6.07, 6.45) is 0.976. The van der Waals surface area contributed by atoms with E-state index in [4.69, 9.17) is 11.6 Å². The van der Waals surface area contributed by atoms with Gasteiger partial charge < -0.3 is 5.32 Å². The van der Waals surface area contributed by atoms with Crippen molar-refractivity contribution in [2.45, 2.75) is 13.3 Å². The average Bonchev–Trinajstić information content (AvgIpc) is 2.63. The molecule has 0 saturated heterocycles. The van der Waals surface area contributed by atoms with Gasteiger partial charge in [-0.25, -0.2) is 4.98 Å². The Bertz CT molecular complexity index is 453. The van der Waals surface area contributed by atoms with Crippen LogP contribution in [0.15, 0.2) is 18.2 Å². The van der Waals surface area contributed by atoms with Crippen LogP contribution < -0.4 is 5.32 Å². The first kappa shape index (κ1) is 10.9. The summed E-state index contributed by atoms with van der Waals surface area (Å²) >= 11 is 7.78. The number of nitrogens with one attached hydrogen (secondary N) is 1. The molecule has 2 nitrogen and oxygen atoms in total. The fourth-order valence-corrected chi connectivity index (χ4v) is 2.69. The Morgan fingerprint density at radius 3 is 3.07 bits per heavy atom. The highest BCUT2D eigenvalue weighted by atomic mass is 35.5. The van der Waals surface area contributed by atoms with Gasteiger partial charge in [0.1, 0.15) is 0 Å². The third kappa shape index (κ3) is 2.48. The molecule has 0 aliphatic carbocycles. The Balaban J connectivity index is 2.20. The molecule has 0 atom stereocenters. The van der Waals surface area contributed by atoms with Crippen LogP contribution in [0.1, 0.15) is 11.9 Å². The summed E-state index contributed by atoms with van der Waals surface area (Å²) in [5.41, 5.74) is 1.01. The third-order valence-electron chi connectivity index (χ3n) is 2.18. The number of halogens is 1. The summed E-state index contributed by atoms with van der Waals surface area (Å²) in [6, 6.07) is 5.86. The van der Waals surface area contributed by atoms with E-state index >= 15 is 0 Å². The molecule has 1 heterocycles. The highest BCUT2D eigenvalue weighted by Gasteiger charge is 2.05. The van der Waals surface area contributed by atoms with E-state index in [0.717, 1.165) is 39.8 Å². The van der Waals surface area contributed by atoms with E-state index in [9.17, 15) is 0 Å². The van der Waals surface area contributed by atoms with Crippen LogP contribution in [0.25, 0.3) is 10.2 Å². The molecule has 0 saturated carbocycles. The predicted molar refractivity (Wildman–Crippen MR) is 66.9 cm³/mol. The fraction of sp³-hybridized carbons (Fsp3) is 0.364. The van der Waals surface area contributed by atoms with Crippen LogP contribution in [0.5, 0.6) is 0 Å². The van der Waals surface area contributed by atoms with E-state index in [-0.39, 0.29) is 0 Å². The van der Waals surface area contributed by atoms with Crippen molar-refractivity contribution in [3.63, 3.8) is 0 Å². The molecule has 15 heavy (non-hydrogen) atoms. The number of aromatic nitrogens is 1. The van der Waals surface area contributed by atoms with Crippen molar-refractivity contribution in [2.75, 3.05) is 13.1 Å². The summed E-state index contributed by atoms with van der Waals surface area (Å²) < 4.78 is 1.10. The predicted octanol–water partition coefficient (Wildman–Crippen LogP) is 3.10. The van der Waals surface area contributed by atoms with E-state index in [1.165, 1.54) is 0 Å². The monoisotopic (exact) mass is 240 g/mol. The summed E-state index contributed by atoms with van der Waals surface area (Å²) in [5.74, 6) is 0. The molecule has 2 aromatic rings. The van der Waals surface area contributed by atoms with Gasteiger partial charge in [-0.3, -0.25) is 0 Å². The lowest BCUT2D eigenvalue weighted by Gasteiger charge is -1.96. The number of rotatable bonds is 4. The van der Waals surface area contributed by atoms with Gasteiger partial charge in [0.15, 0.2) is 0 Å². The second-order valence-corrected chi connectivity index (χ2v) is 4.79. The molecule has 4 heteroatoms. The zero-order valence-electron chi connectivity index (χ0n) is 8.59. The normalized spacial score (nSPS) is 11.1. The maximum absolute atomic E-state index is 6.09. The second-order valence-electron chi connectivity index (χ2n) is 3.30. The van der Waals surface area contributed by atoms with E-state index < -0.39 is 0 Å². The molecule has 2 rings (SSSR count). The summed E-state index contributed by atoms with van der Waals surface area (Å²) in [4.78, 5) is 4.54. The fourth-order valence-electron chi connectivity index (χ4n) is 1.44. The minimum Gasteiger partial charge on any atom is -0.317 e. The van der Waals surface area contributed by atoms with Gasteiger partial charge in [0, 0.05) is 13.0 Å². The smallest absolute Gasteiger partial charge is 0.0951 e. The number of hydrogen-bond donors (Lipinski definition) is 1. The SMILES string of the molecule is CCNCCc1nc2cccc(Cl)c2s1. The first-order chi connectivity index (χ1) is 7.31. The highest BCUT2D eigenvalue weighted by Crippen LogP contribution is 2.28. The molecule has 0 radical (unpaired) electrons. The Morgan fingerprint density at radius 1 is 1.47 bits per heavy atom. The van der Waals surface area contributed by atoms with Crippen LogP contribution in [-0.4, -0.2) is 18.1 Å². The van der Waals surface area contributed by atoms with Crippen molar-refractivity contribution >= 4 is 33.2 Å². The maximum Gasteiger partial charge on any atom is 0.0951 e. The molecule has 0 aliphatic heterocycles. The van der Waals surface area contributed by atoms with Crippen molar-refractivity contribution in [3.05, 3.63) is 28.2 Å². The molecular weight excluding hydrogens is 228 g/mol. The first-order valence-corrected chi connectivity index (χ1v) is 6.25. The van der Waals surface area contributed by atoms with E-state index in [1.54, 1.807) is 11.3 Å². The molecule has 0 unspecified atom stereocenters. The van der Waals surface area contributed by atoms with Gasteiger partial charge in [0.05, 0.1) is 20.2 Å². The van der Waals surface area contributed by atoms with Crippen molar-refractivity contribution in [1.82, 2.24) is 10.3 Å². The van der Waals surface area contributed by atoms with Gasteiger partial charge in [-0.1, -0.05) is 24.6 Å². The average molecular weight is 241 g/mol. The number of thiazole rings is 1. The highest BCUT2D eigenvalue weighted by molar-refractivity contribution is 7.19. The number of hydrogen-bond acceptors (Lipinski definition) is 3. The lowest BCUT2D eigenvalue weighted by atomic mass is 10.3. The Morgan fingerprint density at radius 2 is 2.33 bits per heavy atom. The maximum atomic E-state index is 6.09. The molecule has 1 aromatic carbocycles. The summed E-state index contributed by atoms with van der Waals surface area (Å²) in [7, 11) is 0. The van der Waals surface area contributed by atoms with Crippen LogP contribution in [0.3, 0.4) is 0 Å². The second kappa shape index (κ2) is 4.92. The first-order valence-electron chi connectivity index (χ1n) is 5.06. The minimum absolute atomic E-state index is 0.805. The van der Waals surface area contributed by atoms with Crippen molar-refractivity contribution in [2.24, 2.45) is 0 Å². The van der Waals surface area contributed by atoms with E-state index in [0.29, 0.717) is 0 Å². The van der Waals surface area contributed by atoms with Gasteiger partial charge >= 0.3 is 0 Å². The lowest BCUT2D eigenvalue weighted by Crippen LogP contribution is -2.15. The lowest BCUT2D eigenvalue weighted by molar-refractivity contribution is 0.715. The van der Waals surface area contributed by atoms with Gasteiger partial charge in [-0.15, -0.1) is 11.3 Å². The van der Waals surface area contributed by atoms with Crippen LogP contribution in [-0.2, 0) is 6.42 Å². The van der Waals surface area contributed by atoms with Crippen molar-refractivity contribution < 1.29 is 0 Å². The molecule has 0 aliphatic rings. The molecule has 0 bridgehead atoms. The summed E-state index contributed by atoms with van der Waals surface area (Å²) in [5, 5.41) is 5.25. The van der Waals surface area contributed by atoms with E-state index in [1.807, 2.05) is 18.2 Å². The van der Waals surface area contributed by atoms with Crippen molar-refractivity contribution in [3.8, 4) is 0 Å². The zero-order chi connectivity index (χ0) is 10.7. The number of likely N-dealkylation sites (N-methyl/N-ethyl adjacent to an activating group) is 1. The molecule has 0 fully saturated rings. The Labute approximate surface area is 98.3 Å². The summed E-state index contributed by atoms with van der Waals surface area (Å²) in [6.45, 7) is 4.09. The zero-order valence-corrected chi connectivity index (χ0v) is 10.2. The van der Waals surface area contributed by atoms with Gasteiger partial charge in [-0.05, 0) is 18.7 Å². The number of fused-ring (bicyclic) bond motifs is 1. The Kier molecular flexibility index (Phi) is 3.57. The van der Waals surface area contributed by atoms with Crippen LogP contribution in [0.4, 0.5) is 0 Å². The molecule has 0 spiro atoms. The molecule has 0 amide bonds. The van der Waals surface area contributed by atoms with Gasteiger partial charge in [-0.2, -0.15) is 0 Å². The van der Waals surface area contributed by atoms with Crippen molar-refractivity contribution in [1.29, 1.82) is 0 Å². The van der Waals surface area contributed by atoms with Crippen LogP contribution >= 0.6 is 22.9 Å². The third-order valence-corrected chi connectivity index (χ3v) is 3.77. The minimum atomic E-state index is 0.805. The molecule has 80 valence electrons.